The van der Waals surface area contributed by atoms with Crippen LogP contribution in [-0.2, 0) is 30.2 Å². The van der Waals surface area contributed by atoms with E-state index in [1.165, 1.54) is 22.9 Å². The fourth-order valence-electron chi connectivity index (χ4n) is 2.40. The highest BCUT2D eigenvalue weighted by molar-refractivity contribution is 7.89. The summed E-state index contributed by atoms with van der Waals surface area (Å²) in [4.78, 5) is 14.9. The van der Waals surface area contributed by atoms with Gasteiger partial charge in [-0.15, -0.1) is 0 Å². The van der Waals surface area contributed by atoms with Crippen LogP contribution in [0.2, 0.25) is 0 Å². The van der Waals surface area contributed by atoms with Crippen LogP contribution in [-0.4, -0.2) is 49.7 Å². The third kappa shape index (κ3) is 2.50. The zero-order valence-electron chi connectivity index (χ0n) is 11.9. The number of carbonyl (C=O) groups is 1. The molecule has 2 aromatic rings. The molecule has 0 saturated carbocycles. The maximum absolute atomic E-state index is 12.6. The van der Waals surface area contributed by atoms with Gasteiger partial charge in [0, 0.05) is 26.3 Å². The highest BCUT2D eigenvalue weighted by Crippen LogP contribution is 2.20. The Morgan fingerprint density at radius 1 is 1.36 bits per heavy atom. The first-order chi connectivity index (χ1) is 10.4. The molecule has 0 radical (unpaired) electrons. The highest BCUT2D eigenvalue weighted by atomic mass is 32.2. The zero-order chi connectivity index (χ0) is 15.9. The Labute approximate surface area is 126 Å². The number of nitrogens with zero attached hydrogens (tertiary/aromatic N) is 5. The van der Waals surface area contributed by atoms with E-state index in [2.05, 4.69) is 10.1 Å². The van der Waals surface area contributed by atoms with Gasteiger partial charge in [-0.05, 0) is 12.5 Å². The molecule has 118 valence electrons. The van der Waals surface area contributed by atoms with E-state index in [0.717, 1.165) is 0 Å². The standard InChI is InChI=1S/C12H15N5O4S/c1-15-7-11(13-8-15)22(20,21)16-3-2-4-17-9(6-16)5-10(14-17)12(18)19/h5,7-8H,2-4,6H2,1H3,(H,18,19). The number of fused-ring (bicyclic) bond motifs is 1. The average molecular weight is 325 g/mol. The van der Waals surface area contributed by atoms with Crippen molar-refractivity contribution in [1.82, 2.24) is 23.6 Å². The molecule has 0 spiro atoms. The van der Waals surface area contributed by atoms with Gasteiger partial charge in [0.05, 0.1) is 18.6 Å². The molecule has 0 aromatic carbocycles. The average Bonchev–Trinajstić information content (AvgIpc) is 3.00. The minimum Gasteiger partial charge on any atom is -0.476 e. The summed E-state index contributed by atoms with van der Waals surface area (Å²) in [5, 5.41) is 13.0. The fraction of sp³-hybridized carbons (Fsp3) is 0.417. The van der Waals surface area contributed by atoms with Crippen molar-refractivity contribution in [2.45, 2.75) is 24.5 Å². The number of aryl methyl sites for hydroxylation is 2. The van der Waals surface area contributed by atoms with Crippen LogP contribution in [0.4, 0.5) is 0 Å². The molecular formula is C12H15N5O4S. The lowest BCUT2D eigenvalue weighted by atomic mass is 10.3. The minimum absolute atomic E-state index is 0.0126. The summed E-state index contributed by atoms with van der Waals surface area (Å²) < 4.78 is 29.6. The van der Waals surface area contributed by atoms with Crippen molar-refractivity contribution >= 4 is 16.0 Å². The predicted octanol–water partition coefficient (Wildman–Crippen LogP) is -0.0906. The largest absolute Gasteiger partial charge is 0.476 e. The first kappa shape index (κ1) is 14.7. The molecule has 9 nitrogen and oxygen atoms in total. The Morgan fingerprint density at radius 3 is 2.77 bits per heavy atom. The van der Waals surface area contributed by atoms with Crippen LogP contribution in [0, 0.1) is 0 Å². The van der Waals surface area contributed by atoms with Gasteiger partial charge in [-0.3, -0.25) is 4.68 Å². The number of sulfonamides is 1. The summed E-state index contributed by atoms with van der Waals surface area (Å²) >= 11 is 0. The van der Waals surface area contributed by atoms with Crippen LogP contribution in [0.5, 0.6) is 0 Å². The van der Waals surface area contributed by atoms with E-state index in [-0.39, 0.29) is 17.3 Å². The van der Waals surface area contributed by atoms with Gasteiger partial charge >= 0.3 is 5.97 Å². The number of rotatable bonds is 3. The van der Waals surface area contributed by atoms with Crippen molar-refractivity contribution in [3.05, 3.63) is 30.0 Å². The first-order valence-corrected chi connectivity index (χ1v) is 8.10. The lowest BCUT2D eigenvalue weighted by Crippen LogP contribution is -2.31. The second-order valence-corrected chi connectivity index (χ2v) is 7.00. The molecule has 3 heterocycles. The molecule has 0 fully saturated rings. The molecule has 1 aliphatic heterocycles. The maximum atomic E-state index is 12.6. The molecule has 3 rings (SSSR count). The smallest absolute Gasteiger partial charge is 0.356 e. The number of imidazole rings is 1. The number of carboxylic acid groups (broad SMARTS) is 1. The topological polar surface area (TPSA) is 110 Å². The van der Waals surface area contributed by atoms with Crippen molar-refractivity contribution in [3.63, 3.8) is 0 Å². The molecular weight excluding hydrogens is 310 g/mol. The highest BCUT2D eigenvalue weighted by Gasteiger charge is 2.30. The molecule has 0 saturated heterocycles. The van der Waals surface area contributed by atoms with Crippen molar-refractivity contribution in [2.24, 2.45) is 7.05 Å². The van der Waals surface area contributed by atoms with Crippen molar-refractivity contribution in [2.75, 3.05) is 6.54 Å². The van der Waals surface area contributed by atoms with Crippen LogP contribution in [0.15, 0.2) is 23.6 Å². The Kier molecular flexibility index (Phi) is 3.49. The van der Waals surface area contributed by atoms with Gasteiger partial charge in [-0.2, -0.15) is 9.40 Å². The van der Waals surface area contributed by atoms with Crippen LogP contribution in [0.1, 0.15) is 22.6 Å². The van der Waals surface area contributed by atoms with Gasteiger partial charge in [0.2, 0.25) is 0 Å². The zero-order valence-corrected chi connectivity index (χ0v) is 12.7. The quantitative estimate of drug-likeness (QED) is 0.844. The van der Waals surface area contributed by atoms with E-state index in [4.69, 9.17) is 5.11 Å². The number of hydrogen-bond acceptors (Lipinski definition) is 5. The molecule has 1 aliphatic rings. The van der Waals surface area contributed by atoms with E-state index in [0.29, 0.717) is 25.2 Å². The number of carboxylic acids is 1. The summed E-state index contributed by atoms with van der Waals surface area (Å²) in [6, 6.07) is 1.41. The predicted molar refractivity (Wildman–Crippen MR) is 74.6 cm³/mol. The van der Waals surface area contributed by atoms with E-state index in [1.54, 1.807) is 16.3 Å². The van der Waals surface area contributed by atoms with Gasteiger partial charge in [0.25, 0.3) is 10.0 Å². The van der Waals surface area contributed by atoms with Gasteiger partial charge in [-0.1, -0.05) is 0 Å². The third-order valence-corrected chi connectivity index (χ3v) is 5.21. The maximum Gasteiger partial charge on any atom is 0.356 e. The second-order valence-electron chi connectivity index (χ2n) is 5.12. The first-order valence-electron chi connectivity index (χ1n) is 6.66. The van der Waals surface area contributed by atoms with Crippen molar-refractivity contribution in [1.29, 1.82) is 0 Å². The Hall–Kier alpha value is -2.20. The van der Waals surface area contributed by atoms with Crippen LogP contribution in [0.3, 0.4) is 0 Å². The molecule has 22 heavy (non-hydrogen) atoms. The Balaban J connectivity index is 1.94. The SMILES string of the molecule is Cn1cnc(S(=O)(=O)N2CCCn3nc(C(=O)O)cc3C2)c1. The van der Waals surface area contributed by atoms with Gasteiger partial charge in [-0.25, -0.2) is 18.2 Å². The summed E-state index contributed by atoms with van der Waals surface area (Å²) in [7, 11) is -2.01. The monoisotopic (exact) mass is 325 g/mol. The minimum atomic E-state index is -3.71. The summed E-state index contributed by atoms with van der Waals surface area (Å²) in [6.45, 7) is 0.903. The Bertz CT molecular complexity index is 822. The van der Waals surface area contributed by atoms with E-state index < -0.39 is 16.0 Å². The van der Waals surface area contributed by atoms with Crippen LogP contribution >= 0.6 is 0 Å². The van der Waals surface area contributed by atoms with Crippen LogP contribution < -0.4 is 0 Å². The van der Waals surface area contributed by atoms with Gasteiger partial charge in [0.1, 0.15) is 0 Å². The molecule has 0 aliphatic carbocycles. The summed E-state index contributed by atoms with van der Waals surface area (Å²) in [5.74, 6) is -1.13. The molecule has 0 unspecified atom stereocenters. The molecule has 1 N–H and O–H groups in total. The van der Waals surface area contributed by atoms with Gasteiger partial charge < -0.3 is 9.67 Å². The molecule has 0 atom stereocenters. The lowest BCUT2D eigenvalue weighted by Gasteiger charge is -2.17. The molecule has 0 bridgehead atoms. The number of hydrogen-bond donors (Lipinski definition) is 1. The summed E-state index contributed by atoms with van der Waals surface area (Å²) in [5.41, 5.74) is 0.487. The van der Waals surface area contributed by atoms with E-state index in [1.807, 2.05) is 0 Å². The van der Waals surface area contributed by atoms with Crippen molar-refractivity contribution in [3.8, 4) is 0 Å². The number of aromatic carboxylic acids is 1. The second kappa shape index (κ2) is 5.21. The molecule has 2 aromatic heterocycles. The van der Waals surface area contributed by atoms with Crippen LogP contribution in [0.25, 0.3) is 0 Å². The van der Waals surface area contributed by atoms with Gasteiger partial charge in [0.15, 0.2) is 10.7 Å². The van der Waals surface area contributed by atoms with Crippen molar-refractivity contribution < 1.29 is 18.3 Å². The normalized spacial score (nSPS) is 16.2. The van der Waals surface area contributed by atoms with E-state index >= 15 is 0 Å². The lowest BCUT2D eigenvalue weighted by molar-refractivity contribution is 0.0689. The summed E-state index contributed by atoms with van der Waals surface area (Å²) in [6.07, 6.45) is 3.43. The fourth-order valence-corrected chi connectivity index (χ4v) is 3.81. The molecule has 10 heteroatoms. The third-order valence-electron chi connectivity index (χ3n) is 3.48. The Morgan fingerprint density at radius 2 is 2.14 bits per heavy atom. The number of aromatic nitrogens is 4. The van der Waals surface area contributed by atoms with E-state index in [9.17, 15) is 13.2 Å². The molecule has 0 amide bonds.